The van der Waals surface area contributed by atoms with E-state index in [0.717, 1.165) is 30.8 Å². The van der Waals surface area contributed by atoms with Crippen molar-refractivity contribution in [1.29, 1.82) is 0 Å². The quantitative estimate of drug-likeness (QED) is 0.744. The smallest absolute Gasteiger partial charge is 0.0702 e. The second-order valence-corrected chi connectivity index (χ2v) is 4.02. The molecule has 2 nitrogen and oxygen atoms in total. The molecular weight excluding hydrogens is 198 g/mol. The maximum absolute atomic E-state index is 9.38. The Morgan fingerprint density at radius 3 is 2.75 bits per heavy atom. The van der Waals surface area contributed by atoms with Crippen molar-refractivity contribution in [3.05, 3.63) is 42.0 Å². The Bertz CT molecular complexity index is 347. The van der Waals surface area contributed by atoms with Gasteiger partial charge >= 0.3 is 0 Å². The fourth-order valence-corrected chi connectivity index (χ4v) is 1.89. The van der Waals surface area contributed by atoms with Crippen LogP contribution >= 0.6 is 0 Å². The van der Waals surface area contributed by atoms with Crippen LogP contribution in [-0.2, 0) is 6.61 Å². The molecule has 0 heterocycles. The van der Waals surface area contributed by atoms with Crippen LogP contribution in [0.3, 0.4) is 0 Å². The summed E-state index contributed by atoms with van der Waals surface area (Å²) in [6.45, 7) is 9.88. The number of aryl methyl sites for hydroxylation is 1. The molecule has 0 amide bonds. The number of rotatable bonds is 6. The summed E-state index contributed by atoms with van der Waals surface area (Å²) in [5, 5.41) is 9.38. The molecule has 0 saturated carbocycles. The number of hydrogen-bond acceptors (Lipinski definition) is 2. The third-order valence-corrected chi connectivity index (χ3v) is 2.59. The number of aliphatic hydroxyl groups excluding tert-OH is 1. The Balaban J connectivity index is 3.01. The van der Waals surface area contributed by atoms with Gasteiger partial charge < -0.3 is 10.0 Å². The molecule has 0 aliphatic heterocycles. The zero-order valence-electron chi connectivity index (χ0n) is 10.2. The lowest BCUT2D eigenvalue weighted by Crippen LogP contribution is -2.25. The van der Waals surface area contributed by atoms with Crippen molar-refractivity contribution in [2.75, 3.05) is 18.0 Å². The number of aliphatic hydroxyl groups is 1. The molecule has 2 heteroatoms. The molecule has 1 aromatic carbocycles. The lowest BCUT2D eigenvalue weighted by atomic mass is 10.1. The van der Waals surface area contributed by atoms with E-state index in [-0.39, 0.29) is 6.61 Å². The predicted molar refractivity (Wildman–Crippen MR) is 69.8 cm³/mol. The van der Waals surface area contributed by atoms with E-state index < -0.39 is 0 Å². The third kappa shape index (κ3) is 3.11. The van der Waals surface area contributed by atoms with Crippen molar-refractivity contribution in [1.82, 2.24) is 0 Å². The van der Waals surface area contributed by atoms with Crippen LogP contribution in [0.1, 0.15) is 24.5 Å². The minimum absolute atomic E-state index is 0.0916. The van der Waals surface area contributed by atoms with Crippen molar-refractivity contribution >= 4 is 5.69 Å². The average Bonchev–Trinajstić information content (AvgIpc) is 2.28. The first-order valence-corrected chi connectivity index (χ1v) is 5.79. The van der Waals surface area contributed by atoms with Crippen LogP contribution in [0.25, 0.3) is 0 Å². The highest BCUT2D eigenvalue weighted by molar-refractivity contribution is 5.55. The molecule has 0 atom stereocenters. The van der Waals surface area contributed by atoms with Gasteiger partial charge in [-0.15, -0.1) is 6.58 Å². The van der Waals surface area contributed by atoms with Crippen LogP contribution in [0.4, 0.5) is 5.69 Å². The van der Waals surface area contributed by atoms with E-state index in [0.29, 0.717) is 0 Å². The van der Waals surface area contributed by atoms with Crippen LogP contribution in [0.5, 0.6) is 0 Å². The van der Waals surface area contributed by atoms with E-state index in [2.05, 4.69) is 30.5 Å². The zero-order valence-corrected chi connectivity index (χ0v) is 10.2. The predicted octanol–water partition coefficient (Wildman–Crippen LogP) is 2.89. The SMILES string of the molecule is C=CCN(CCC)c1ccc(C)cc1CO. The monoisotopic (exact) mass is 219 g/mol. The molecule has 1 N–H and O–H groups in total. The molecule has 0 aliphatic carbocycles. The second-order valence-electron chi connectivity index (χ2n) is 4.02. The Morgan fingerprint density at radius 2 is 2.19 bits per heavy atom. The molecule has 0 aromatic heterocycles. The first-order chi connectivity index (χ1) is 7.72. The molecule has 1 aromatic rings. The number of anilines is 1. The van der Waals surface area contributed by atoms with E-state index in [4.69, 9.17) is 0 Å². The molecule has 0 radical (unpaired) electrons. The highest BCUT2D eigenvalue weighted by atomic mass is 16.3. The van der Waals surface area contributed by atoms with Gasteiger partial charge in [-0.05, 0) is 19.4 Å². The average molecular weight is 219 g/mol. The van der Waals surface area contributed by atoms with Crippen LogP contribution in [0.15, 0.2) is 30.9 Å². The number of nitrogens with zero attached hydrogens (tertiary/aromatic N) is 1. The highest BCUT2D eigenvalue weighted by Crippen LogP contribution is 2.22. The zero-order chi connectivity index (χ0) is 12.0. The molecule has 0 unspecified atom stereocenters. The van der Waals surface area contributed by atoms with Crippen molar-refractivity contribution in [3.63, 3.8) is 0 Å². The van der Waals surface area contributed by atoms with Gasteiger partial charge in [0.2, 0.25) is 0 Å². The minimum Gasteiger partial charge on any atom is -0.392 e. The molecule has 1 rings (SSSR count). The van der Waals surface area contributed by atoms with Crippen LogP contribution in [-0.4, -0.2) is 18.2 Å². The van der Waals surface area contributed by atoms with E-state index in [9.17, 15) is 5.11 Å². The van der Waals surface area contributed by atoms with E-state index in [1.165, 1.54) is 5.56 Å². The first kappa shape index (κ1) is 12.8. The summed E-state index contributed by atoms with van der Waals surface area (Å²) < 4.78 is 0. The van der Waals surface area contributed by atoms with Gasteiger partial charge in [-0.2, -0.15) is 0 Å². The van der Waals surface area contributed by atoms with Crippen LogP contribution in [0, 0.1) is 6.92 Å². The highest BCUT2D eigenvalue weighted by Gasteiger charge is 2.08. The fourth-order valence-electron chi connectivity index (χ4n) is 1.89. The standard InChI is InChI=1S/C14H21NO/c1-4-8-15(9-5-2)14-7-6-12(3)10-13(14)11-16/h4,6-7,10,16H,1,5,8-9,11H2,2-3H3. The molecule has 0 bridgehead atoms. The van der Waals surface area contributed by atoms with E-state index in [1.807, 2.05) is 19.1 Å². The van der Waals surface area contributed by atoms with Crippen molar-refractivity contribution in [3.8, 4) is 0 Å². The summed E-state index contributed by atoms with van der Waals surface area (Å²) in [4.78, 5) is 2.25. The summed E-state index contributed by atoms with van der Waals surface area (Å²) in [7, 11) is 0. The van der Waals surface area contributed by atoms with Crippen LogP contribution < -0.4 is 4.90 Å². The van der Waals surface area contributed by atoms with Gasteiger partial charge in [0.15, 0.2) is 0 Å². The van der Waals surface area contributed by atoms with E-state index in [1.54, 1.807) is 0 Å². The lowest BCUT2D eigenvalue weighted by molar-refractivity contribution is 0.282. The van der Waals surface area contributed by atoms with Crippen molar-refractivity contribution in [2.45, 2.75) is 26.9 Å². The van der Waals surface area contributed by atoms with Gasteiger partial charge in [0.25, 0.3) is 0 Å². The number of hydrogen-bond donors (Lipinski definition) is 1. The largest absolute Gasteiger partial charge is 0.392 e. The maximum Gasteiger partial charge on any atom is 0.0702 e. The Morgan fingerprint density at radius 1 is 1.44 bits per heavy atom. The van der Waals surface area contributed by atoms with Gasteiger partial charge in [0.05, 0.1) is 6.61 Å². The maximum atomic E-state index is 9.38. The fraction of sp³-hybridized carbons (Fsp3) is 0.429. The summed E-state index contributed by atoms with van der Waals surface area (Å²) in [6.07, 6.45) is 2.99. The van der Waals surface area contributed by atoms with Gasteiger partial charge in [0.1, 0.15) is 0 Å². The molecule has 0 fully saturated rings. The van der Waals surface area contributed by atoms with E-state index >= 15 is 0 Å². The Kier molecular flexibility index (Phi) is 5.06. The third-order valence-electron chi connectivity index (χ3n) is 2.59. The number of benzene rings is 1. The normalized spacial score (nSPS) is 10.2. The first-order valence-electron chi connectivity index (χ1n) is 5.79. The summed E-state index contributed by atoms with van der Waals surface area (Å²) in [5.74, 6) is 0. The Labute approximate surface area is 98.2 Å². The molecule has 88 valence electrons. The molecule has 0 aliphatic rings. The summed E-state index contributed by atoms with van der Waals surface area (Å²) in [5.41, 5.74) is 3.30. The molecule has 0 saturated heterocycles. The second kappa shape index (κ2) is 6.33. The lowest BCUT2D eigenvalue weighted by Gasteiger charge is -2.25. The van der Waals surface area contributed by atoms with Gasteiger partial charge in [-0.3, -0.25) is 0 Å². The molecule has 0 spiro atoms. The van der Waals surface area contributed by atoms with Crippen molar-refractivity contribution in [2.24, 2.45) is 0 Å². The Hall–Kier alpha value is -1.28. The minimum atomic E-state index is 0.0916. The summed E-state index contributed by atoms with van der Waals surface area (Å²) in [6, 6.07) is 6.21. The summed E-state index contributed by atoms with van der Waals surface area (Å²) >= 11 is 0. The van der Waals surface area contributed by atoms with Crippen LogP contribution in [0.2, 0.25) is 0 Å². The molecule has 16 heavy (non-hydrogen) atoms. The van der Waals surface area contributed by atoms with Gasteiger partial charge in [0, 0.05) is 24.3 Å². The molecular formula is C14H21NO. The topological polar surface area (TPSA) is 23.5 Å². The van der Waals surface area contributed by atoms with Gasteiger partial charge in [-0.1, -0.05) is 30.7 Å². The van der Waals surface area contributed by atoms with Gasteiger partial charge in [-0.25, -0.2) is 0 Å². The van der Waals surface area contributed by atoms with Crippen molar-refractivity contribution < 1.29 is 5.11 Å².